The maximum absolute atomic E-state index is 5.13. The first-order chi connectivity index (χ1) is 29.3. The average molecular weight is 750 g/mol. The van der Waals surface area contributed by atoms with Gasteiger partial charge in [-0.2, -0.15) is 0 Å². The van der Waals surface area contributed by atoms with Crippen LogP contribution in [0, 0.1) is 0 Å². The zero-order chi connectivity index (χ0) is 38.9. The van der Waals surface area contributed by atoms with Crippen molar-refractivity contribution in [2.45, 2.75) is 0 Å². The maximum Gasteiger partial charge on any atom is 0.160 e. The summed E-state index contributed by atoms with van der Waals surface area (Å²) in [6.07, 6.45) is 0. The number of hydrogen-bond donors (Lipinski definition) is 0. The zero-order valence-corrected chi connectivity index (χ0v) is 32.0. The molecule has 0 atom stereocenters. The van der Waals surface area contributed by atoms with E-state index in [1.165, 1.54) is 76.0 Å². The Labute approximate surface area is 341 Å². The minimum atomic E-state index is 0.709. The van der Waals surface area contributed by atoms with Gasteiger partial charge in [-0.25, -0.2) is 9.97 Å². The van der Waals surface area contributed by atoms with Crippen LogP contribution in [0.4, 0.5) is 0 Å². The summed E-state index contributed by atoms with van der Waals surface area (Å²) in [5, 5.41) is 12.6. The van der Waals surface area contributed by atoms with Crippen molar-refractivity contribution in [3.8, 4) is 50.7 Å². The Hall–Kier alpha value is -7.88. The first kappa shape index (κ1) is 33.3. The summed E-state index contributed by atoms with van der Waals surface area (Å²) in [5.74, 6) is 0.709. The highest BCUT2D eigenvalue weighted by Crippen LogP contribution is 2.45. The molecule has 10 aromatic carbocycles. The third-order valence-corrected chi connectivity index (χ3v) is 12.0. The monoisotopic (exact) mass is 749 g/mol. The molecule has 0 N–H and O–H groups in total. The maximum atomic E-state index is 5.13. The highest BCUT2D eigenvalue weighted by atomic mass is 15.0. The molecule has 0 aliphatic rings. The second kappa shape index (κ2) is 13.4. The van der Waals surface area contributed by atoms with Gasteiger partial charge in [0.2, 0.25) is 0 Å². The molecule has 0 radical (unpaired) electrons. The Balaban J connectivity index is 1.10. The Kier molecular flexibility index (Phi) is 7.54. The number of para-hydroxylation sites is 1. The fraction of sp³-hybridized carbons (Fsp3) is 0. The van der Waals surface area contributed by atoms with E-state index in [1.807, 2.05) is 24.3 Å². The lowest BCUT2D eigenvalue weighted by Crippen LogP contribution is -1.98. The predicted molar refractivity (Wildman–Crippen MR) is 248 cm³/mol. The third kappa shape index (κ3) is 5.36. The molecule has 12 rings (SSSR count). The number of nitrogens with zero attached hydrogens (tertiary/aromatic N) is 3. The van der Waals surface area contributed by atoms with E-state index >= 15 is 0 Å². The number of hydrogen-bond acceptors (Lipinski definition) is 2. The molecule has 0 fully saturated rings. The van der Waals surface area contributed by atoms with Gasteiger partial charge in [0, 0.05) is 38.7 Å². The van der Waals surface area contributed by atoms with Crippen LogP contribution in [-0.4, -0.2) is 14.5 Å². The van der Waals surface area contributed by atoms with Gasteiger partial charge < -0.3 is 4.57 Å². The smallest absolute Gasteiger partial charge is 0.160 e. The van der Waals surface area contributed by atoms with E-state index in [2.05, 4.69) is 193 Å². The molecule has 3 nitrogen and oxygen atoms in total. The van der Waals surface area contributed by atoms with Crippen LogP contribution in [0.25, 0.3) is 116 Å². The van der Waals surface area contributed by atoms with Gasteiger partial charge >= 0.3 is 0 Å². The summed E-state index contributed by atoms with van der Waals surface area (Å²) in [6, 6.07) is 76.4. The quantitative estimate of drug-likeness (QED) is 0.164. The molecule has 0 unspecified atom stereocenters. The first-order valence-corrected chi connectivity index (χ1v) is 20.2. The molecule has 12 aromatic rings. The van der Waals surface area contributed by atoms with Gasteiger partial charge in [-0.15, -0.1) is 0 Å². The third-order valence-electron chi connectivity index (χ3n) is 12.0. The van der Waals surface area contributed by atoms with Crippen LogP contribution in [0.2, 0.25) is 0 Å². The molecule has 3 heteroatoms. The summed E-state index contributed by atoms with van der Waals surface area (Å²) in [6.45, 7) is 0. The predicted octanol–water partition coefficient (Wildman–Crippen LogP) is 14.9. The fourth-order valence-electron chi connectivity index (χ4n) is 9.26. The van der Waals surface area contributed by atoms with Crippen molar-refractivity contribution in [3.63, 3.8) is 0 Å². The standard InChI is InChI=1S/C56H35N3/c1-3-15-36(16-4-1)51-35-52(58-56(57-51)38-17-5-2-6-18-38)37-27-30-41(31-28-37)59-53-26-14-13-25-48(53)50-33-39-19-7-8-20-42(39)54(55(50)59)40-29-32-47-45-23-10-9-21-43(45)44-22-11-12-24-46(44)49(47)34-40/h1-35H. The molecule has 2 heterocycles. The first-order valence-electron chi connectivity index (χ1n) is 20.2. The van der Waals surface area contributed by atoms with Gasteiger partial charge in [-0.3, -0.25) is 0 Å². The summed E-state index contributed by atoms with van der Waals surface area (Å²) < 4.78 is 2.46. The molecule has 0 aliphatic heterocycles. The Morgan fingerprint density at radius 2 is 0.797 bits per heavy atom. The van der Waals surface area contributed by atoms with Crippen LogP contribution >= 0.6 is 0 Å². The van der Waals surface area contributed by atoms with E-state index < -0.39 is 0 Å². The highest BCUT2D eigenvalue weighted by molar-refractivity contribution is 6.27. The second-order valence-corrected chi connectivity index (χ2v) is 15.3. The van der Waals surface area contributed by atoms with Crippen molar-refractivity contribution in [3.05, 3.63) is 212 Å². The lowest BCUT2D eigenvalue weighted by Gasteiger charge is -2.17. The molecule has 0 saturated heterocycles. The molecule has 274 valence electrons. The van der Waals surface area contributed by atoms with Gasteiger partial charge in [0.25, 0.3) is 0 Å². The van der Waals surface area contributed by atoms with Crippen molar-refractivity contribution in [1.82, 2.24) is 14.5 Å². The summed E-state index contributed by atoms with van der Waals surface area (Å²) in [4.78, 5) is 10.2. The number of aromatic nitrogens is 3. The number of rotatable bonds is 5. The van der Waals surface area contributed by atoms with Gasteiger partial charge in [0.05, 0.1) is 22.4 Å². The number of benzene rings is 10. The molecule has 2 aromatic heterocycles. The normalized spacial score (nSPS) is 11.7. The highest BCUT2D eigenvalue weighted by Gasteiger charge is 2.21. The average Bonchev–Trinajstić information content (AvgIpc) is 3.65. The molecule has 0 bridgehead atoms. The van der Waals surface area contributed by atoms with Crippen LogP contribution in [-0.2, 0) is 0 Å². The van der Waals surface area contributed by atoms with Crippen LogP contribution < -0.4 is 0 Å². The summed E-state index contributed by atoms with van der Waals surface area (Å²) in [7, 11) is 0. The molecule has 0 amide bonds. The van der Waals surface area contributed by atoms with Crippen LogP contribution in [0.3, 0.4) is 0 Å². The van der Waals surface area contributed by atoms with E-state index in [0.29, 0.717) is 5.82 Å². The van der Waals surface area contributed by atoms with E-state index in [1.54, 1.807) is 0 Å². The molecule has 0 spiro atoms. The number of fused-ring (bicyclic) bond motifs is 10. The Morgan fingerprint density at radius 1 is 0.305 bits per heavy atom. The largest absolute Gasteiger partial charge is 0.309 e. The zero-order valence-electron chi connectivity index (χ0n) is 32.0. The van der Waals surface area contributed by atoms with Crippen molar-refractivity contribution >= 4 is 64.9 Å². The second-order valence-electron chi connectivity index (χ2n) is 15.3. The van der Waals surface area contributed by atoms with Crippen LogP contribution in [0.5, 0.6) is 0 Å². The van der Waals surface area contributed by atoms with Crippen LogP contribution in [0.15, 0.2) is 212 Å². The van der Waals surface area contributed by atoms with Crippen molar-refractivity contribution in [2.75, 3.05) is 0 Å². The van der Waals surface area contributed by atoms with Gasteiger partial charge in [0.15, 0.2) is 5.82 Å². The Bertz CT molecular complexity index is 3490. The van der Waals surface area contributed by atoms with Crippen molar-refractivity contribution in [2.24, 2.45) is 0 Å². The molecule has 0 saturated carbocycles. The lowest BCUT2D eigenvalue weighted by atomic mass is 9.90. The molecular weight excluding hydrogens is 715 g/mol. The van der Waals surface area contributed by atoms with Gasteiger partial charge in [-0.1, -0.05) is 176 Å². The summed E-state index contributed by atoms with van der Waals surface area (Å²) >= 11 is 0. The SMILES string of the molecule is c1ccc(-c2cc(-c3ccc(-n4c5ccccc5c5cc6ccccc6c(-c6ccc7c8ccccc8c8ccccc8c7c6)c54)cc3)nc(-c3ccccc3)n2)cc1. The summed E-state index contributed by atoms with van der Waals surface area (Å²) in [5.41, 5.74) is 10.7. The van der Waals surface area contributed by atoms with Crippen molar-refractivity contribution in [1.29, 1.82) is 0 Å². The van der Waals surface area contributed by atoms with Crippen molar-refractivity contribution < 1.29 is 0 Å². The van der Waals surface area contributed by atoms with E-state index in [4.69, 9.17) is 9.97 Å². The topological polar surface area (TPSA) is 30.7 Å². The van der Waals surface area contributed by atoms with E-state index in [9.17, 15) is 0 Å². The van der Waals surface area contributed by atoms with Gasteiger partial charge in [0.1, 0.15) is 0 Å². The Morgan fingerprint density at radius 3 is 1.46 bits per heavy atom. The molecule has 59 heavy (non-hydrogen) atoms. The van der Waals surface area contributed by atoms with E-state index in [0.717, 1.165) is 33.8 Å². The minimum absolute atomic E-state index is 0.709. The van der Waals surface area contributed by atoms with E-state index in [-0.39, 0.29) is 0 Å². The minimum Gasteiger partial charge on any atom is -0.309 e. The van der Waals surface area contributed by atoms with Gasteiger partial charge in [-0.05, 0) is 85.1 Å². The fourth-order valence-corrected chi connectivity index (χ4v) is 9.26. The lowest BCUT2D eigenvalue weighted by molar-refractivity contribution is 1.17. The van der Waals surface area contributed by atoms with Crippen LogP contribution in [0.1, 0.15) is 0 Å². The molecular formula is C56H35N3. The molecule has 0 aliphatic carbocycles.